The number of amides is 1. The average Bonchev–Trinajstić information content (AvgIpc) is 3.35. The lowest BCUT2D eigenvalue weighted by molar-refractivity contribution is 0.102. The summed E-state index contributed by atoms with van der Waals surface area (Å²) >= 11 is 1.39. The van der Waals surface area contributed by atoms with E-state index in [1.54, 1.807) is 23.0 Å². The van der Waals surface area contributed by atoms with Gasteiger partial charge in [0.05, 0.1) is 23.3 Å². The van der Waals surface area contributed by atoms with Gasteiger partial charge in [-0.3, -0.25) is 14.8 Å². The quantitative estimate of drug-likeness (QED) is 0.589. The molecule has 1 aromatic carbocycles. The molecule has 3 aromatic heterocycles. The first-order chi connectivity index (χ1) is 13.0. The van der Waals surface area contributed by atoms with Crippen LogP contribution in [0.4, 0.5) is 5.13 Å². The van der Waals surface area contributed by atoms with Crippen LogP contribution >= 0.6 is 11.3 Å². The van der Waals surface area contributed by atoms with Gasteiger partial charge in [0.15, 0.2) is 5.13 Å². The van der Waals surface area contributed by atoms with E-state index in [1.807, 2.05) is 55.4 Å². The number of carbonyl (C=O) groups excluding carboxylic acids is 1. The molecular formula is C19H18N6OS. The fraction of sp³-hybridized carbons (Fsp3) is 0.158. The number of thiazole rings is 1. The number of hydrogen-bond acceptors (Lipinski definition) is 5. The van der Waals surface area contributed by atoms with E-state index >= 15 is 0 Å². The Hall–Kier alpha value is -3.26. The molecule has 0 aliphatic carbocycles. The van der Waals surface area contributed by atoms with Crippen molar-refractivity contribution in [3.05, 3.63) is 65.1 Å². The number of rotatable bonds is 4. The Kier molecular flexibility index (Phi) is 4.33. The molecule has 0 unspecified atom stereocenters. The molecule has 0 saturated heterocycles. The zero-order valence-electron chi connectivity index (χ0n) is 15.2. The van der Waals surface area contributed by atoms with Gasteiger partial charge in [0.25, 0.3) is 5.91 Å². The summed E-state index contributed by atoms with van der Waals surface area (Å²) in [6.07, 6.45) is 3.64. The first-order valence-corrected chi connectivity index (χ1v) is 9.27. The van der Waals surface area contributed by atoms with Crippen molar-refractivity contribution >= 4 is 22.4 Å². The van der Waals surface area contributed by atoms with E-state index in [0.717, 1.165) is 28.3 Å². The first-order valence-electron chi connectivity index (χ1n) is 8.39. The maximum absolute atomic E-state index is 12.5. The lowest BCUT2D eigenvalue weighted by Gasteiger charge is -2.06. The highest BCUT2D eigenvalue weighted by molar-refractivity contribution is 7.14. The van der Waals surface area contributed by atoms with Gasteiger partial charge < -0.3 is 0 Å². The fourth-order valence-corrected chi connectivity index (χ4v) is 3.55. The molecule has 136 valence electrons. The zero-order chi connectivity index (χ0) is 19.0. The lowest BCUT2D eigenvalue weighted by atomic mass is 10.2. The van der Waals surface area contributed by atoms with Gasteiger partial charge in [0.2, 0.25) is 0 Å². The minimum Gasteiger partial charge on any atom is -0.298 e. The third-order valence-corrected chi connectivity index (χ3v) is 4.87. The van der Waals surface area contributed by atoms with Crippen LogP contribution in [0, 0.1) is 13.8 Å². The number of anilines is 1. The summed E-state index contributed by atoms with van der Waals surface area (Å²) in [5, 5.41) is 13.9. The van der Waals surface area contributed by atoms with Crippen LogP contribution in [0.2, 0.25) is 0 Å². The van der Waals surface area contributed by atoms with E-state index in [4.69, 9.17) is 0 Å². The summed E-state index contributed by atoms with van der Waals surface area (Å²) in [5.41, 5.74) is 5.22. The van der Waals surface area contributed by atoms with E-state index in [-0.39, 0.29) is 5.91 Å². The Morgan fingerprint density at radius 1 is 1.19 bits per heavy atom. The molecule has 1 amide bonds. The number of nitrogens with zero attached hydrogens (tertiary/aromatic N) is 5. The van der Waals surface area contributed by atoms with Gasteiger partial charge in [-0.05, 0) is 44.2 Å². The van der Waals surface area contributed by atoms with Crippen molar-refractivity contribution in [3.8, 4) is 16.9 Å². The summed E-state index contributed by atoms with van der Waals surface area (Å²) in [7, 11) is 1.86. The Labute approximate surface area is 160 Å². The van der Waals surface area contributed by atoms with Crippen molar-refractivity contribution in [2.24, 2.45) is 7.05 Å². The fourth-order valence-electron chi connectivity index (χ4n) is 2.83. The summed E-state index contributed by atoms with van der Waals surface area (Å²) in [5.74, 6) is -0.193. The van der Waals surface area contributed by atoms with E-state index in [0.29, 0.717) is 10.7 Å². The molecule has 3 heterocycles. The van der Waals surface area contributed by atoms with E-state index in [9.17, 15) is 4.79 Å². The molecule has 8 heteroatoms. The number of benzene rings is 1. The van der Waals surface area contributed by atoms with E-state index in [1.165, 1.54) is 11.3 Å². The third-order valence-electron chi connectivity index (χ3n) is 4.11. The Morgan fingerprint density at radius 2 is 1.96 bits per heavy atom. The van der Waals surface area contributed by atoms with E-state index in [2.05, 4.69) is 20.5 Å². The van der Waals surface area contributed by atoms with Crippen molar-refractivity contribution in [1.82, 2.24) is 24.5 Å². The van der Waals surface area contributed by atoms with Gasteiger partial charge in [-0.25, -0.2) is 9.67 Å². The number of aryl methyl sites for hydroxylation is 3. The molecule has 0 spiro atoms. The maximum Gasteiger partial charge on any atom is 0.257 e. The van der Waals surface area contributed by atoms with Crippen molar-refractivity contribution in [2.45, 2.75) is 13.8 Å². The summed E-state index contributed by atoms with van der Waals surface area (Å²) in [6.45, 7) is 3.96. The van der Waals surface area contributed by atoms with Crippen molar-refractivity contribution in [3.63, 3.8) is 0 Å². The van der Waals surface area contributed by atoms with E-state index < -0.39 is 0 Å². The monoisotopic (exact) mass is 378 g/mol. The molecule has 0 aliphatic heterocycles. The second kappa shape index (κ2) is 6.81. The molecule has 4 aromatic rings. The van der Waals surface area contributed by atoms with Crippen LogP contribution in [-0.4, -0.2) is 30.5 Å². The topological polar surface area (TPSA) is 77.6 Å². The predicted octanol–water partition coefficient (Wildman–Crippen LogP) is 3.60. The minimum absolute atomic E-state index is 0.193. The molecule has 0 aliphatic rings. The maximum atomic E-state index is 12.5. The second-order valence-corrected chi connectivity index (χ2v) is 7.14. The Balaban J connectivity index is 1.49. The highest BCUT2D eigenvalue weighted by Gasteiger charge is 2.12. The zero-order valence-corrected chi connectivity index (χ0v) is 16.0. The van der Waals surface area contributed by atoms with Gasteiger partial charge in [-0.1, -0.05) is 0 Å². The average molecular weight is 378 g/mol. The van der Waals surface area contributed by atoms with Gasteiger partial charge in [0.1, 0.15) is 0 Å². The standard InChI is InChI=1S/C19H18N6OS/c1-12-8-13(2)25(23-12)16-6-4-14(5-7-16)18(26)22-19-21-17(11-27-19)15-9-20-24(3)10-15/h4-11H,1-3H3,(H,21,22,26). The number of hydrogen-bond donors (Lipinski definition) is 1. The normalized spacial score (nSPS) is 10.9. The van der Waals surface area contributed by atoms with Gasteiger partial charge >= 0.3 is 0 Å². The third kappa shape index (κ3) is 3.52. The first kappa shape index (κ1) is 17.2. The van der Waals surface area contributed by atoms with Crippen LogP contribution in [0.25, 0.3) is 16.9 Å². The SMILES string of the molecule is Cc1cc(C)n(-c2ccc(C(=O)Nc3nc(-c4cnn(C)c4)cs3)cc2)n1. The molecule has 0 saturated carbocycles. The smallest absolute Gasteiger partial charge is 0.257 e. The predicted molar refractivity (Wildman–Crippen MR) is 105 cm³/mol. The van der Waals surface area contributed by atoms with Crippen LogP contribution in [0.15, 0.2) is 48.1 Å². The Morgan fingerprint density at radius 3 is 2.59 bits per heavy atom. The molecule has 0 radical (unpaired) electrons. The van der Waals surface area contributed by atoms with Crippen molar-refractivity contribution < 1.29 is 4.79 Å². The minimum atomic E-state index is -0.193. The molecule has 0 bridgehead atoms. The molecular weight excluding hydrogens is 360 g/mol. The van der Waals surface area contributed by atoms with Gasteiger partial charge in [-0.15, -0.1) is 11.3 Å². The molecule has 0 fully saturated rings. The number of nitrogens with one attached hydrogen (secondary N) is 1. The highest BCUT2D eigenvalue weighted by atomic mass is 32.1. The number of aromatic nitrogens is 5. The van der Waals surface area contributed by atoms with Crippen LogP contribution in [-0.2, 0) is 7.05 Å². The van der Waals surface area contributed by atoms with Crippen LogP contribution in [0.5, 0.6) is 0 Å². The lowest BCUT2D eigenvalue weighted by Crippen LogP contribution is -2.12. The number of carbonyl (C=O) groups is 1. The van der Waals surface area contributed by atoms with Crippen molar-refractivity contribution in [2.75, 3.05) is 5.32 Å². The summed E-state index contributed by atoms with van der Waals surface area (Å²) in [4.78, 5) is 17.0. The summed E-state index contributed by atoms with van der Waals surface area (Å²) in [6, 6.07) is 9.37. The summed E-state index contributed by atoms with van der Waals surface area (Å²) < 4.78 is 3.58. The van der Waals surface area contributed by atoms with Crippen LogP contribution in [0.1, 0.15) is 21.7 Å². The van der Waals surface area contributed by atoms with Gasteiger partial charge in [0, 0.05) is 35.4 Å². The Bertz CT molecular complexity index is 1110. The molecule has 7 nitrogen and oxygen atoms in total. The molecule has 27 heavy (non-hydrogen) atoms. The molecule has 0 atom stereocenters. The largest absolute Gasteiger partial charge is 0.298 e. The molecule has 1 N–H and O–H groups in total. The highest BCUT2D eigenvalue weighted by Crippen LogP contribution is 2.24. The van der Waals surface area contributed by atoms with Crippen LogP contribution in [0.3, 0.4) is 0 Å². The van der Waals surface area contributed by atoms with Crippen molar-refractivity contribution in [1.29, 1.82) is 0 Å². The van der Waals surface area contributed by atoms with Gasteiger partial charge in [-0.2, -0.15) is 10.2 Å². The van der Waals surface area contributed by atoms with Crippen LogP contribution < -0.4 is 5.32 Å². The second-order valence-electron chi connectivity index (χ2n) is 6.28. The molecule has 4 rings (SSSR count).